The van der Waals surface area contributed by atoms with Gasteiger partial charge in [0.15, 0.2) is 0 Å². The summed E-state index contributed by atoms with van der Waals surface area (Å²) in [6.45, 7) is 4.27. The molecule has 1 aromatic rings. The lowest BCUT2D eigenvalue weighted by Gasteiger charge is -2.54. The lowest BCUT2D eigenvalue weighted by atomic mass is 9.48. The van der Waals surface area contributed by atoms with Crippen molar-refractivity contribution in [1.29, 1.82) is 0 Å². The normalized spacial score (nSPS) is 27.4. The van der Waals surface area contributed by atoms with Crippen molar-refractivity contribution in [3.8, 4) is 0 Å². The van der Waals surface area contributed by atoms with Crippen LogP contribution in [0.3, 0.4) is 0 Å². The number of carbonyl (C=O) groups is 2. The molecule has 1 aliphatic carbocycles. The predicted octanol–water partition coefficient (Wildman–Crippen LogP) is 2.76. The summed E-state index contributed by atoms with van der Waals surface area (Å²) in [5, 5.41) is 0. The van der Waals surface area contributed by atoms with Crippen molar-refractivity contribution in [1.82, 2.24) is 9.88 Å². The number of amides is 1. The third-order valence-corrected chi connectivity index (χ3v) is 5.49. The number of methoxy groups -OCH3 is 1. The van der Waals surface area contributed by atoms with E-state index in [4.69, 9.17) is 4.74 Å². The summed E-state index contributed by atoms with van der Waals surface area (Å²) < 4.78 is 44.4. The van der Waals surface area contributed by atoms with Gasteiger partial charge in [-0.15, -0.1) is 0 Å². The number of hydrogen-bond donors (Lipinski definition) is 0. The fraction of sp³-hybridized carbons (Fsp3) is 0.588. The zero-order valence-corrected chi connectivity index (χ0v) is 14.2. The summed E-state index contributed by atoms with van der Waals surface area (Å²) >= 11 is 0. The number of halogens is 3. The molecule has 1 aliphatic heterocycles. The molecule has 1 saturated carbocycles. The maximum absolute atomic E-state index is 13.2. The Kier molecular flexibility index (Phi) is 3.85. The minimum Gasteiger partial charge on any atom is -0.469 e. The maximum Gasteiger partial charge on any atom is 0.417 e. The van der Waals surface area contributed by atoms with Crippen molar-refractivity contribution >= 4 is 11.9 Å². The van der Waals surface area contributed by atoms with Gasteiger partial charge in [0.05, 0.1) is 23.7 Å². The predicted molar refractivity (Wildman–Crippen MR) is 81.5 cm³/mol. The number of fused-ring (bicyclic) bond motifs is 1. The van der Waals surface area contributed by atoms with Gasteiger partial charge in [0.1, 0.15) is 0 Å². The molecule has 0 N–H and O–H groups in total. The van der Waals surface area contributed by atoms with E-state index in [1.165, 1.54) is 12.0 Å². The van der Waals surface area contributed by atoms with Gasteiger partial charge in [0.2, 0.25) is 0 Å². The summed E-state index contributed by atoms with van der Waals surface area (Å²) in [5.74, 6) is -1.30. The van der Waals surface area contributed by atoms with E-state index >= 15 is 0 Å². The molecule has 0 radical (unpaired) electrons. The van der Waals surface area contributed by atoms with Crippen molar-refractivity contribution in [3.63, 3.8) is 0 Å². The highest BCUT2D eigenvalue weighted by Gasteiger charge is 2.68. The highest BCUT2D eigenvalue weighted by atomic mass is 19.4. The second kappa shape index (κ2) is 5.44. The molecule has 5 nitrogen and oxygen atoms in total. The van der Waals surface area contributed by atoms with Crippen LogP contribution in [0.4, 0.5) is 13.2 Å². The number of rotatable bonds is 2. The van der Waals surface area contributed by atoms with Crippen LogP contribution < -0.4 is 0 Å². The third-order valence-electron chi connectivity index (χ3n) is 5.49. The summed E-state index contributed by atoms with van der Waals surface area (Å²) in [4.78, 5) is 30.0. The van der Waals surface area contributed by atoms with Crippen LogP contribution in [-0.4, -0.2) is 42.0 Å². The zero-order chi connectivity index (χ0) is 18.6. The lowest BCUT2D eigenvalue weighted by Crippen LogP contribution is -2.57. The Bertz CT molecular complexity index is 732. The number of aromatic nitrogens is 1. The van der Waals surface area contributed by atoms with Crippen molar-refractivity contribution in [2.75, 3.05) is 20.2 Å². The third kappa shape index (κ3) is 2.58. The first-order valence-corrected chi connectivity index (χ1v) is 7.92. The first-order chi connectivity index (χ1) is 11.5. The Labute approximate surface area is 143 Å². The molecule has 2 atom stereocenters. The van der Waals surface area contributed by atoms with E-state index in [-0.39, 0.29) is 24.4 Å². The minimum absolute atomic E-state index is 0.0682. The quantitative estimate of drug-likeness (QED) is 0.765. The van der Waals surface area contributed by atoms with E-state index in [0.717, 1.165) is 18.5 Å². The molecule has 1 aromatic heterocycles. The Morgan fingerprint density at radius 2 is 2.04 bits per heavy atom. The van der Waals surface area contributed by atoms with Crippen LogP contribution in [0, 0.1) is 16.7 Å². The van der Waals surface area contributed by atoms with Gasteiger partial charge in [-0.05, 0) is 23.8 Å². The minimum atomic E-state index is -4.65. The Balaban J connectivity index is 1.93. The number of alkyl halides is 3. The van der Waals surface area contributed by atoms with Gasteiger partial charge >= 0.3 is 12.1 Å². The summed E-state index contributed by atoms with van der Waals surface area (Å²) in [5.41, 5.74) is -2.51. The topological polar surface area (TPSA) is 59.5 Å². The second-order valence-electron chi connectivity index (χ2n) is 7.47. The number of carbonyl (C=O) groups excluding carboxylic acids is 2. The molecule has 1 saturated heterocycles. The Morgan fingerprint density at radius 3 is 2.60 bits per heavy atom. The summed E-state index contributed by atoms with van der Waals surface area (Å²) in [7, 11) is 1.28. The number of esters is 1. The monoisotopic (exact) mass is 356 g/mol. The van der Waals surface area contributed by atoms with Crippen molar-refractivity contribution in [2.24, 2.45) is 16.7 Å². The molecule has 2 fully saturated rings. The molecule has 1 amide bonds. The largest absolute Gasteiger partial charge is 0.469 e. The van der Waals surface area contributed by atoms with E-state index in [1.54, 1.807) is 0 Å². The van der Waals surface area contributed by atoms with Crippen molar-refractivity contribution in [3.05, 3.63) is 29.6 Å². The maximum atomic E-state index is 13.2. The highest BCUT2D eigenvalue weighted by molar-refractivity contribution is 5.96. The Hall–Kier alpha value is -2.12. The van der Waals surface area contributed by atoms with Gasteiger partial charge in [0.25, 0.3) is 5.91 Å². The highest BCUT2D eigenvalue weighted by Crippen LogP contribution is 2.63. The molecule has 0 aromatic carbocycles. The fourth-order valence-corrected chi connectivity index (χ4v) is 4.51. The smallest absolute Gasteiger partial charge is 0.417 e. The van der Waals surface area contributed by atoms with E-state index in [2.05, 4.69) is 4.98 Å². The van der Waals surface area contributed by atoms with E-state index in [1.807, 2.05) is 13.8 Å². The average Bonchev–Trinajstić information content (AvgIpc) is 2.88. The molecule has 2 aliphatic rings. The number of nitrogens with zero attached hydrogens (tertiary/aromatic N) is 2. The standard InChI is InChI=1S/C17H19F3N2O3/c1-15(2)8-16(14(24)25-3)9-22(7-12(15)16)13(23)10-6-21-5-4-11(10)17(18,19)20/h4-6,12H,7-9H2,1-3H3/t12-,16+/m1/s1. The fourth-order valence-electron chi connectivity index (χ4n) is 4.51. The molecule has 8 heteroatoms. The van der Waals surface area contributed by atoms with Crippen LogP contribution in [0.1, 0.15) is 36.2 Å². The molecule has 25 heavy (non-hydrogen) atoms. The number of likely N-dealkylation sites (tertiary alicyclic amines) is 1. The van der Waals surface area contributed by atoms with Crippen LogP contribution >= 0.6 is 0 Å². The van der Waals surface area contributed by atoms with Gasteiger partial charge in [-0.25, -0.2) is 0 Å². The molecule has 0 bridgehead atoms. The Morgan fingerprint density at radius 1 is 1.36 bits per heavy atom. The number of ether oxygens (including phenoxy) is 1. The average molecular weight is 356 g/mol. The molecule has 2 heterocycles. The van der Waals surface area contributed by atoms with E-state index in [9.17, 15) is 22.8 Å². The van der Waals surface area contributed by atoms with Gasteiger partial charge in [0, 0.05) is 25.5 Å². The second-order valence-corrected chi connectivity index (χ2v) is 7.47. The van der Waals surface area contributed by atoms with Crippen LogP contribution in [0.2, 0.25) is 0 Å². The van der Waals surface area contributed by atoms with Crippen molar-refractivity contribution in [2.45, 2.75) is 26.4 Å². The molecule has 136 valence electrons. The molecule has 0 unspecified atom stereocenters. The van der Waals surface area contributed by atoms with E-state index in [0.29, 0.717) is 6.42 Å². The van der Waals surface area contributed by atoms with Gasteiger partial charge in [-0.2, -0.15) is 13.2 Å². The number of hydrogen-bond acceptors (Lipinski definition) is 4. The lowest BCUT2D eigenvalue weighted by molar-refractivity contribution is -0.174. The zero-order valence-electron chi connectivity index (χ0n) is 14.2. The number of pyridine rings is 1. The first kappa shape index (κ1) is 17.7. The van der Waals surface area contributed by atoms with E-state index < -0.39 is 34.6 Å². The van der Waals surface area contributed by atoms with Crippen LogP contribution in [0.5, 0.6) is 0 Å². The van der Waals surface area contributed by atoms with Crippen LogP contribution in [0.25, 0.3) is 0 Å². The molecular formula is C17H19F3N2O3. The first-order valence-electron chi connectivity index (χ1n) is 7.92. The van der Waals surface area contributed by atoms with Crippen molar-refractivity contribution < 1.29 is 27.5 Å². The SMILES string of the molecule is COC(=O)[C@@]12CN(C(=O)c3cnccc3C(F)(F)F)C[C@@H]1C(C)(C)C2. The van der Waals surface area contributed by atoms with Gasteiger partial charge < -0.3 is 9.64 Å². The molecule has 0 spiro atoms. The molecule has 3 rings (SSSR count). The van der Waals surface area contributed by atoms with Gasteiger partial charge in [-0.1, -0.05) is 13.8 Å². The summed E-state index contributed by atoms with van der Waals surface area (Å²) in [6, 6.07) is 0.790. The molecular weight excluding hydrogens is 337 g/mol. The summed E-state index contributed by atoms with van der Waals surface area (Å²) in [6.07, 6.45) is -2.17. The van der Waals surface area contributed by atoms with Crippen LogP contribution in [-0.2, 0) is 15.7 Å². The van der Waals surface area contributed by atoms with Crippen LogP contribution in [0.15, 0.2) is 18.5 Å². The van der Waals surface area contributed by atoms with Gasteiger partial charge in [-0.3, -0.25) is 14.6 Å².